The lowest BCUT2D eigenvalue weighted by molar-refractivity contribution is 0.0862. The molecule has 3 aromatic rings. The molecular formula is C23H25ClN4O2S. The number of carbonyl (C=O) groups excluding carboxylic acids is 2. The number of carbonyl (C=O) groups is 2. The molecule has 1 fully saturated rings. The summed E-state index contributed by atoms with van der Waals surface area (Å²) in [6.07, 6.45) is 4.79. The molecule has 1 aromatic carbocycles. The second-order valence-corrected chi connectivity index (χ2v) is 9.92. The van der Waals surface area contributed by atoms with Gasteiger partial charge in [0.15, 0.2) is 0 Å². The number of benzene rings is 1. The molecule has 8 heteroatoms. The highest BCUT2D eigenvalue weighted by Crippen LogP contribution is 2.26. The molecule has 162 valence electrons. The first-order valence-electron chi connectivity index (χ1n) is 10.8. The molecule has 0 saturated heterocycles. The highest BCUT2D eigenvalue weighted by Gasteiger charge is 2.29. The Balaban J connectivity index is 1.28. The zero-order valence-corrected chi connectivity index (χ0v) is 18.7. The SMILES string of the molecule is O=C(N[C@H]1CCCC[C@H]1NC(=O)c1cc2c(s1)CCNC2)c1cc2cc(Cl)ccc2[nH]1. The van der Waals surface area contributed by atoms with E-state index in [1.165, 1.54) is 10.4 Å². The van der Waals surface area contributed by atoms with Crippen LogP contribution in [-0.4, -0.2) is 35.4 Å². The Labute approximate surface area is 189 Å². The van der Waals surface area contributed by atoms with Crippen LogP contribution in [0.15, 0.2) is 30.3 Å². The number of H-pyrrole nitrogens is 1. The summed E-state index contributed by atoms with van der Waals surface area (Å²) < 4.78 is 0. The molecule has 1 aliphatic heterocycles. The van der Waals surface area contributed by atoms with Gasteiger partial charge >= 0.3 is 0 Å². The van der Waals surface area contributed by atoms with Crippen LogP contribution >= 0.6 is 22.9 Å². The van der Waals surface area contributed by atoms with Gasteiger partial charge in [-0.1, -0.05) is 24.4 Å². The summed E-state index contributed by atoms with van der Waals surface area (Å²) in [6, 6.07) is 9.17. The summed E-state index contributed by atoms with van der Waals surface area (Å²) in [7, 11) is 0. The largest absolute Gasteiger partial charge is 0.351 e. The third-order valence-corrected chi connectivity index (χ3v) is 7.66. The molecule has 4 N–H and O–H groups in total. The number of hydrogen-bond donors (Lipinski definition) is 4. The maximum absolute atomic E-state index is 12.9. The van der Waals surface area contributed by atoms with Crippen molar-refractivity contribution in [3.63, 3.8) is 0 Å². The van der Waals surface area contributed by atoms with E-state index in [0.717, 1.165) is 61.0 Å². The van der Waals surface area contributed by atoms with E-state index in [2.05, 4.69) is 20.9 Å². The minimum Gasteiger partial charge on any atom is -0.351 e. The lowest BCUT2D eigenvalue weighted by Gasteiger charge is -2.32. The van der Waals surface area contributed by atoms with Crippen LogP contribution in [0.25, 0.3) is 10.9 Å². The average molecular weight is 457 g/mol. The summed E-state index contributed by atoms with van der Waals surface area (Å²) >= 11 is 7.65. The monoisotopic (exact) mass is 456 g/mol. The van der Waals surface area contributed by atoms with Crippen LogP contribution in [0.1, 0.15) is 56.3 Å². The van der Waals surface area contributed by atoms with Gasteiger partial charge < -0.3 is 20.9 Å². The van der Waals surface area contributed by atoms with Gasteiger partial charge in [0.05, 0.1) is 4.88 Å². The Morgan fingerprint density at radius 3 is 2.58 bits per heavy atom. The van der Waals surface area contributed by atoms with Crippen LogP contribution in [0, 0.1) is 0 Å². The Morgan fingerprint density at radius 1 is 1.03 bits per heavy atom. The first-order valence-corrected chi connectivity index (χ1v) is 12.0. The van der Waals surface area contributed by atoms with Crippen molar-refractivity contribution in [2.75, 3.05) is 6.54 Å². The first kappa shape index (κ1) is 20.5. The van der Waals surface area contributed by atoms with Gasteiger partial charge in [0.1, 0.15) is 5.69 Å². The number of thiophene rings is 1. The van der Waals surface area contributed by atoms with Gasteiger partial charge in [0.25, 0.3) is 11.8 Å². The highest BCUT2D eigenvalue weighted by atomic mass is 35.5. The van der Waals surface area contributed by atoms with E-state index in [-0.39, 0.29) is 23.9 Å². The number of halogens is 1. The van der Waals surface area contributed by atoms with Crippen molar-refractivity contribution < 1.29 is 9.59 Å². The van der Waals surface area contributed by atoms with Gasteiger partial charge in [-0.2, -0.15) is 0 Å². The van der Waals surface area contributed by atoms with E-state index < -0.39 is 0 Å². The van der Waals surface area contributed by atoms with Crippen molar-refractivity contribution >= 4 is 45.7 Å². The Hall–Kier alpha value is -2.35. The van der Waals surface area contributed by atoms with Crippen LogP contribution in [0.4, 0.5) is 0 Å². The van der Waals surface area contributed by atoms with Crippen LogP contribution < -0.4 is 16.0 Å². The molecule has 6 nitrogen and oxygen atoms in total. The van der Waals surface area contributed by atoms with Crippen molar-refractivity contribution in [2.45, 2.75) is 50.7 Å². The summed E-state index contributed by atoms with van der Waals surface area (Å²) in [5.74, 6) is -0.193. The van der Waals surface area contributed by atoms with Gasteiger partial charge in [0.2, 0.25) is 0 Å². The fraction of sp³-hybridized carbons (Fsp3) is 0.391. The molecule has 5 rings (SSSR count). The fourth-order valence-corrected chi connectivity index (χ4v) is 5.82. The second kappa shape index (κ2) is 8.65. The maximum atomic E-state index is 12.9. The van der Waals surface area contributed by atoms with Crippen LogP contribution in [0.5, 0.6) is 0 Å². The number of aromatic amines is 1. The number of amides is 2. The summed E-state index contributed by atoms with van der Waals surface area (Å²) in [5.41, 5.74) is 2.61. The molecule has 3 heterocycles. The van der Waals surface area contributed by atoms with E-state index >= 15 is 0 Å². The lowest BCUT2D eigenvalue weighted by atomic mass is 9.90. The quantitative estimate of drug-likeness (QED) is 0.478. The third-order valence-electron chi connectivity index (χ3n) is 6.19. The molecule has 1 aliphatic carbocycles. The summed E-state index contributed by atoms with van der Waals surface area (Å²) in [5, 5.41) is 11.2. The molecule has 0 bridgehead atoms. The van der Waals surface area contributed by atoms with Crippen molar-refractivity contribution in [1.82, 2.24) is 20.9 Å². The zero-order chi connectivity index (χ0) is 21.4. The van der Waals surface area contributed by atoms with Crippen LogP contribution in [0.2, 0.25) is 5.02 Å². The van der Waals surface area contributed by atoms with Crippen molar-refractivity contribution in [3.05, 3.63) is 56.4 Å². The van der Waals surface area contributed by atoms with E-state index in [1.54, 1.807) is 17.4 Å². The summed E-state index contributed by atoms with van der Waals surface area (Å²) in [6.45, 7) is 1.79. The normalized spacial score (nSPS) is 20.9. The predicted octanol–water partition coefficient (Wildman–Crippen LogP) is 4.00. The van der Waals surface area contributed by atoms with E-state index in [4.69, 9.17) is 11.6 Å². The van der Waals surface area contributed by atoms with Crippen molar-refractivity contribution in [3.8, 4) is 0 Å². The standard InChI is InChI=1S/C23H25ClN4O2S/c24-15-5-6-16-13(9-15)10-19(26-16)22(29)27-17-3-1-2-4-18(17)28-23(30)21-11-14-12-25-8-7-20(14)31-21/h5-6,9-11,17-18,25-26H,1-4,7-8,12H2,(H,27,29)(H,28,30)/t17-,18+/m0/s1. The smallest absolute Gasteiger partial charge is 0.268 e. The molecule has 2 aromatic heterocycles. The number of nitrogens with one attached hydrogen (secondary N) is 4. The van der Waals surface area contributed by atoms with Gasteiger partial charge in [-0.25, -0.2) is 0 Å². The number of aromatic nitrogens is 1. The molecule has 2 amide bonds. The Bertz CT molecular complexity index is 1110. The zero-order valence-electron chi connectivity index (χ0n) is 17.1. The molecule has 2 aliphatic rings. The number of rotatable bonds is 4. The topological polar surface area (TPSA) is 86.0 Å². The molecular weight excluding hydrogens is 432 g/mol. The third kappa shape index (κ3) is 4.35. The first-order chi connectivity index (χ1) is 15.1. The van der Waals surface area contributed by atoms with Crippen LogP contribution in [-0.2, 0) is 13.0 Å². The molecule has 0 unspecified atom stereocenters. The van der Waals surface area contributed by atoms with Gasteiger partial charge in [0, 0.05) is 46.0 Å². The van der Waals surface area contributed by atoms with Gasteiger partial charge in [-0.3, -0.25) is 9.59 Å². The molecule has 1 saturated carbocycles. The highest BCUT2D eigenvalue weighted by molar-refractivity contribution is 7.14. The van der Waals surface area contributed by atoms with Crippen molar-refractivity contribution in [1.29, 1.82) is 0 Å². The predicted molar refractivity (Wildman–Crippen MR) is 124 cm³/mol. The lowest BCUT2D eigenvalue weighted by Crippen LogP contribution is -2.53. The average Bonchev–Trinajstić information content (AvgIpc) is 3.39. The molecule has 31 heavy (non-hydrogen) atoms. The minimum atomic E-state index is -0.156. The minimum absolute atomic E-state index is 0.0363. The fourth-order valence-electron chi connectivity index (χ4n) is 4.55. The second-order valence-electron chi connectivity index (χ2n) is 8.34. The molecule has 2 atom stereocenters. The summed E-state index contributed by atoms with van der Waals surface area (Å²) in [4.78, 5) is 31.1. The van der Waals surface area contributed by atoms with E-state index in [9.17, 15) is 9.59 Å². The maximum Gasteiger partial charge on any atom is 0.268 e. The Kier molecular flexibility index (Phi) is 5.73. The van der Waals surface area contributed by atoms with Crippen molar-refractivity contribution in [2.24, 2.45) is 0 Å². The molecule has 0 spiro atoms. The van der Waals surface area contributed by atoms with E-state index in [1.807, 2.05) is 24.3 Å². The van der Waals surface area contributed by atoms with Gasteiger partial charge in [-0.05, 0) is 55.2 Å². The number of fused-ring (bicyclic) bond motifs is 2. The van der Waals surface area contributed by atoms with Crippen LogP contribution in [0.3, 0.4) is 0 Å². The molecule has 0 radical (unpaired) electrons. The Morgan fingerprint density at radius 2 is 1.81 bits per heavy atom. The number of hydrogen-bond acceptors (Lipinski definition) is 4. The van der Waals surface area contributed by atoms with E-state index in [0.29, 0.717) is 10.7 Å². The van der Waals surface area contributed by atoms with Gasteiger partial charge in [-0.15, -0.1) is 11.3 Å².